The number of benzene rings is 1. The molecule has 0 saturated heterocycles. The van der Waals surface area contributed by atoms with E-state index in [9.17, 15) is 5.26 Å². The van der Waals surface area contributed by atoms with Crippen LogP contribution in [0.3, 0.4) is 0 Å². The van der Waals surface area contributed by atoms with E-state index >= 15 is 0 Å². The molecule has 0 spiro atoms. The fraction of sp³-hybridized carbons (Fsp3) is 0.125. The lowest BCUT2D eigenvalue weighted by Crippen LogP contribution is -2.09. The first-order valence-corrected chi connectivity index (χ1v) is 6.01. The molecule has 0 amide bonds. The average molecular weight is 249 g/mol. The summed E-state index contributed by atoms with van der Waals surface area (Å²) in [6, 6.07) is 15.8. The molecule has 0 bridgehead atoms. The van der Waals surface area contributed by atoms with Crippen LogP contribution in [0.15, 0.2) is 48.7 Å². The van der Waals surface area contributed by atoms with Crippen LogP contribution in [0.4, 0.5) is 5.82 Å². The molecule has 0 aliphatic rings. The van der Waals surface area contributed by atoms with Crippen LogP contribution in [0.1, 0.15) is 11.1 Å². The van der Waals surface area contributed by atoms with Crippen LogP contribution in [0, 0.1) is 11.3 Å². The number of allylic oxidation sites excluding steroid dienone is 1. The van der Waals surface area contributed by atoms with Gasteiger partial charge in [0.05, 0.1) is 11.6 Å². The molecule has 0 atom stereocenters. The van der Waals surface area contributed by atoms with Gasteiger partial charge in [-0.25, -0.2) is 4.98 Å². The molecule has 0 unspecified atom stereocenters. The molecule has 3 nitrogen and oxygen atoms in total. The van der Waals surface area contributed by atoms with Crippen molar-refractivity contribution >= 4 is 17.5 Å². The minimum atomic E-state index is 0.639. The number of aromatic nitrogens is 1. The molecular weight excluding hydrogens is 234 g/mol. The van der Waals surface area contributed by atoms with Gasteiger partial charge in [-0.15, -0.1) is 0 Å². The summed E-state index contributed by atoms with van der Waals surface area (Å²) >= 11 is 0. The molecular formula is C16H15N3. The summed E-state index contributed by atoms with van der Waals surface area (Å²) < 4.78 is 0. The van der Waals surface area contributed by atoms with E-state index in [4.69, 9.17) is 0 Å². The van der Waals surface area contributed by atoms with Gasteiger partial charge in [0.15, 0.2) is 0 Å². The van der Waals surface area contributed by atoms with Crippen molar-refractivity contribution in [1.82, 2.24) is 4.98 Å². The molecule has 2 rings (SSSR count). The van der Waals surface area contributed by atoms with E-state index in [0.717, 1.165) is 16.9 Å². The molecule has 0 aliphatic carbocycles. The Kier molecular flexibility index (Phi) is 3.94. The summed E-state index contributed by atoms with van der Waals surface area (Å²) in [6.45, 7) is 0. The van der Waals surface area contributed by atoms with Crippen LogP contribution < -0.4 is 4.90 Å². The number of anilines is 1. The summed E-state index contributed by atoms with van der Waals surface area (Å²) in [7, 11) is 3.89. The van der Waals surface area contributed by atoms with E-state index in [0.29, 0.717) is 5.57 Å². The Bertz CT molecular complexity index is 605. The van der Waals surface area contributed by atoms with Gasteiger partial charge in [0, 0.05) is 20.3 Å². The number of pyridine rings is 1. The van der Waals surface area contributed by atoms with Gasteiger partial charge in [-0.05, 0) is 29.3 Å². The maximum Gasteiger partial charge on any atom is 0.127 e. The Hall–Kier alpha value is -2.60. The van der Waals surface area contributed by atoms with E-state index in [-0.39, 0.29) is 0 Å². The fourth-order valence-corrected chi connectivity index (χ4v) is 1.71. The monoisotopic (exact) mass is 249 g/mol. The summed E-state index contributed by atoms with van der Waals surface area (Å²) in [4.78, 5) is 6.27. The number of nitrogens with zero attached hydrogens (tertiary/aromatic N) is 3. The minimum Gasteiger partial charge on any atom is -0.363 e. The standard InChI is InChI=1S/C16H15N3/c1-19(2)16-9-8-13(12-18-16)10-15(11-17)14-6-4-3-5-7-14/h3-10,12H,1-2H3/b15-10-. The van der Waals surface area contributed by atoms with Crippen molar-refractivity contribution in [2.45, 2.75) is 0 Å². The molecule has 0 radical (unpaired) electrons. The van der Waals surface area contributed by atoms with Gasteiger partial charge < -0.3 is 4.90 Å². The molecule has 0 aliphatic heterocycles. The Labute approximate surface area is 113 Å². The highest BCUT2D eigenvalue weighted by atomic mass is 15.1. The smallest absolute Gasteiger partial charge is 0.127 e. The molecule has 1 heterocycles. The zero-order valence-electron chi connectivity index (χ0n) is 11.0. The molecule has 0 fully saturated rings. The molecule has 94 valence electrons. The first kappa shape index (κ1) is 12.8. The van der Waals surface area contributed by atoms with Crippen molar-refractivity contribution in [2.24, 2.45) is 0 Å². The SMILES string of the molecule is CN(C)c1ccc(/C=C(/C#N)c2ccccc2)cn1. The number of hydrogen-bond acceptors (Lipinski definition) is 3. The van der Waals surface area contributed by atoms with Crippen LogP contribution in [0.2, 0.25) is 0 Å². The Morgan fingerprint density at radius 1 is 1.16 bits per heavy atom. The third-order valence-electron chi connectivity index (χ3n) is 2.75. The van der Waals surface area contributed by atoms with Crippen molar-refractivity contribution in [3.63, 3.8) is 0 Å². The molecule has 1 aromatic heterocycles. The van der Waals surface area contributed by atoms with Gasteiger partial charge in [-0.1, -0.05) is 30.3 Å². The largest absolute Gasteiger partial charge is 0.363 e. The van der Waals surface area contributed by atoms with E-state index < -0.39 is 0 Å². The molecule has 2 aromatic rings. The first-order chi connectivity index (χ1) is 9.20. The lowest BCUT2D eigenvalue weighted by molar-refractivity contribution is 1.07. The number of hydrogen-bond donors (Lipinski definition) is 0. The van der Waals surface area contributed by atoms with Crippen LogP contribution in [-0.2, 0) is 0 Å². The third kappa shape index (κ3) is 3.20. The van der Waals surface area contributed by atoms with Crippen molar-refractivity contribution in [3.05, 3.63) is 59.8 Å². The van der Waals surface area contributed by atoms with Gasteiger partial charge in [0.2, 0.25) is 0 Å². The summed E-state index contributed by atoms with van der Waals surface area (Å²) in [6.07, 6.45) is 3.62. The predicted octanol–water partition coefficient (Wildman–Crippen LogP) is 3.21. The third-order valence-corrected chi connectivity index (χ3v) is 2.75. The molecule has 19 heavy (non-hydrogen) atoms. The maximum atomic E-state index is 9.24. The summed E-state index contributed by atoms with van der Waals surface area (Å²) in [5.41, 5.74) is 2.48. The average Bonchev–Trinajstić information content (AvgIpc) is 2.46. The van der Waals surface area contributed by atoms with Gasteiger partial charge >= 0.3 is 0 Å². The molecule has 1 aromatic carbocycles. The minimum absolute atomic E-state index is 0.639. The van der Waals surface area contributed by atoms with Crippen LogP contribution >= 0.6 is 0 Å². The predicted molar refractivity (Wildman–Crippen MR) is 78.5 cm³/mol. The van der Waals surface area contributed by atoms with Crippen molar-refractivity contribution in [2.75, 3.05) is 19.0 Å². The van der Waals surface area contributed by atoms with Crippen molar-refractivity contribution in [3.8, 4) is 6.07 Å². The number of rotatable bonds is 3. The van der Waals surface area contributed by atoms with Gasteiger partial charge in [0.25, 0.3) is 0 Å². The second kappa shape index (κ2) is 5.83. The molecule has 0 saturated carbocycles. The van der Waals surface area contributed by atoms with Gasteiger partial charge in [-0.2, -0.15) is 5.26 Å². The van der Waals surface area contributed by atoms with Crippen LogP contribution in [0.25, 0.3) is 11.6 Å². The fourth-order valence-electron chi connectivity index (χ4n) is 1.71. The van der Waals surface area contributed by atoms with E-state index in [2.05, 4.69) is 11.1 Å². The highest BCUT2D eigenvalue weighted by Gasteiger charge is 2.01. The van der Waals surface area contributed by atoms with Gasteiger partial charge in [-0.3, -0.25) is 0 Å². The Morgan fingerprint density at radius 3 is 2.42 bits per heavy atom. The second-order valence-electron chi connectivity index (χ2n) is 4.38. The van der Waals surface area contributed by atoms with Gasteiger partial charge in [0.1, 0.15) is 5.82 Å². The quantitative estimate of drug-likeness (QED) is 0.784. The normalized spacial score (nSPS) is 10.9. The van der Waals surface area contributed by atoms with Crippen LogP contribution in [-0.4, -0.2) is 19.1 Å². The van der Waals surface area contributed by atoms with Crippen LogP contribution in [0.5, 0.6) is 0 Å². The van der Waals surface area contributed by atoms with Crippen molar-refractivity contribution < 1.29 is 0 Å². The van der Waals surface area contributed by atoms with E-state index in [1.807, 2.05) is 67.5 Å². The highest BCUT2D eigenvalue weighted by molar-refractivity contribution is 5.89. The summed E-state index contributed by atoms with van der Waals surface area (Å²) in [5, 5.41) is 9.24. The first-order valence-electron chi connectivity index (χ1n) is 6.01. The number of nitriles is 1. The topological polar surface area (TPSA) is 39.9 Å². The zero-order valence-corrected chi connectivity index (χ0v) is 11.0. The maximum absolute atomic E-state index is 9.24. The Morgan fingerprint density at radius 2 is 1.89 bits per heavy atom. The Balaban J connectivity index is 2.31. The molecule has 0 N–H and O–H groups in total. The molecule has 3 heteroatoms. The highest BCUT2D eigenvalue weighted by Crippen LogP contribution is 2.17. The zero-order chi connectivity index (χ0) is 13.7. The van der Waals surface area contributed by atoms with E-state index in [1.54, 1.807) is 6.20 Å². The lowest BCUT2D eigenvalue weighted by Gasteiger charge is -2.10. The van der Waals surface area contributed by atoms with E-state index in [1.165, 1.54) is 0 Å². The lowest BCUT2D eigenvalue weighted by atomic mass is 10.0. The van der Waals surface area contributed by atoms with Crippen molar-refractivity contribution in [1.29, 1.82) is 5.26 Å². The second-order valence-corrected chi connectivity index (χ2v) is 4.38. The summed E-state index contributed by atoms with van der Waals surface area (Å²) in [5.74, 6) is 0.898.